The Morgan fingerprint density at radius 3 is 2.15 bits per heavy atom. The lowest BCUT2D eigenvalue weighted by Gasteiger charge is -2.24. The van der Waals surface area contributed by atoms with Gasteiger partial charge in [-0.25, -0.2) is 4.99 Å². The summed E-state index contributed by atoms with van der Waals surface area (Å²) in [6, 6.07) is 48.9. The molecule has 3 heterocycles. The number of aliphatic imine (C=N–C) groups is 2. The lowest BCUT2D eigenvalue weighted by atomic mass is 9.91. The first-order valence-electron chi connectivity index (χ1n) is 15.3. The highest BCUT2D eigenvalue weighted by molar-refractivity contribution is 6.25. The van der Waals surface area contributed by atoms with Gasteiger partial charge in [0.1, 0.15) is 23.0 Å². The summed E-state index contributed by atoms with van der Waals surface area (Å²) in [6.07, 6.45) is -0.402. The molecule has 2 unspecified atom stereocenters. The first-order chi connectivity index (χ1) is 22.7. The van der Waals surface area contributed by atoms with Crippen LogP contribution in [0.5, 0.6) is 5.75 Å². The van der Waals surface area contributed by atoms with Crippen LogP contribution in [0.15, 0.2) is 154 Å². The molecule has 0 bridgehead atoms. The van der Waals surface area contributed by atoms with Gasteiger partial charge < -0.3 is 9.15 Å². The van der Waals surface area contributed by atoms with Crippen molar-refractivity contribution in [3.8, 4) is 34.1 Å². The van der Waals surface area contributed by atoms with E-state index in [9.17, 15) is 5.26 Å². The highest BCUT2D eigenvalue weighted by Crippen LogP contribution is 2.45. The maximum Gasteiger partial charge on any atom is 0.168 e. The molecular weight excluding hydrogens is 566 g/mol. The highest BCUT2D eigenvalue weighted by Gasteiger charge is 2.42. The van der Waals surface area contributed by atoms with Crippen LogP contribution in [0.1, 0.15) is 28.3 Å². The number of nitriles is 1. The van der Waals surface area contributed by atoms with Gasteiger partial charge in [-0.15, -0.1) is 0 Å². The minimum atomic E-state index is -0.402. The predicted octanol–water partition coefficient (Wildman–Crippen LogP) is 9.54. The summed E-state index contributed by atoms with van der Waals surface area (Å²) in [5, 5.41) is 11.4. The topological polar surface area (TPSA) is 70.9 Å². The van der Waals surface area contributed by atoms with E-state index in [1.54, 1.807) is 12.1 Å². The molecule has 216 valence electrons. The Bertz CT molecular complexity index is 2400. The molecule has 5 nitrogen and oxygen atoms in total. The number of para-hydroxylation sites is 1. The molecule has 5 heteroatoms. The van der Waals surface area contributed by atoms with Crippen LogP contribution in [-0.4, -0.2) is 17.7 Å². The number of amidine groups is 1. The summed E-state index contributed by atoms with van der Waals surface area (Å²) < 4.78 is 13.3. The SMILES string of the molecule is N#Cc1ccc(C2=NC3c4ccccc4OC3C(c3cccc4oc5c(-c6ccccc6)cc(-c6ccccc6)cc5c34)=N2)cc1. The molecule has 0 spiro atoms. The third-order valence-electron chi connectivity index (χ3n) is 8.87. The van der Waals surface area contributed by atoms with Crippen LogP contribution in [0, 0.1) is 11.3 Å². The van der Waals surface area contributed by atoms with Crippen molar-refractivity contribution >= 4 is 33.5 Å². The van der Waals surface area contributed by atoms with Gasteiger partial charge in [0.25, 0.3) is 0 Å². The van der Waals surface area contributed by atoms with Crippen LogP contribution in [-0.2, 0) is 0 Å². The first kappa shape index (κ1) is 26.2. The van der Waals surface area contributed by atoms with Gasteiger partial charge in [0, 0.05) is 33.0 Å². The molecule has 1 aromatic heterocycles. The zero-order valence-corrected chi connectivity index (χ0v) is 24.6. The van der Waals surface area contributed by atoms with Crippen molar-refractivity contribution in [2.45, 2.75) is 12.1 Å². The highest BCUT2D eigenvalue weighted by atomic mass is 16.5. The molecule has 2 aliphatic rings. The van der Waals surface area contributed by atoms with E-state index in [0.717, 1.165) is 72.3 Å². The van der Waals surface area contributed by atoms with Gasteiger partial charge in [-0.05, 0) is 65.2 Å². The van der Waals surface area contributed by atoms with Crippen molar-refractivity contribution in [1.82, 2.24) is 0 Å². The summed E-state index contributed by atoms with van der Waals surface area (Å²) in [6.45, 7) is 0. The lowest BCUT2D eigenvalue weighted by Crippen LogP contribution is -2.34. The van der Waals surface area contributed by atoms with E-state index in [0.29, 0.717) is 11.4 Å². The molecule has 9 rings (SSSR count). The molecule has 46 heavy (non-hydrogen) atoms. The van der Waals surface area contributed by atoms with Crippen molar-refractivity contribution < 1.29 is 9.15 Å². The second kappa shape index (κ2) is 10.4. The van der Waals surface area contributed by atoms with Gasteiger partial charge in [0.15, 0.2) is 11.9 Å². The number of nitrogens with zero attached hydrogens (tertiary/aromatic N) is 3. The van der Waals surface area contributed by atoms with E-state index in [-0.39, 0.29) is 6.04 Å². The molecule has 0 saturated heterocycles. The van der Waals surface area contributed by atoms with E-state index >= 15 is 0 Å². The summed E-state index contributed by atoms with van der Waals surface area (Å²) in [7, 11) is 0. The van der Waals surface area contributed by atoms with Gasteiger partial charge in [-0.1, -0.05) is 91.0 Å². The van der Waals surface area contributed by atoms with E-state index in [2.05, 4.69) is 78.9 Å². The quantitative estimate of drug-likeness (QED) is 0.205. The lowest BCUT2D eigenvalue weighted by molar-refractivity contribution is 0.275. The molecule has 0 amide bonds. The average Bonchev–Trinajstić information content (AvgIpc) is 3.70. The smallest absolute Gasteiger partial charge is 0.168 e. The fraction of sp³-hybridized carbons (Fsp3) is 0.0488. The van der Waals surface area contributed by atoms with Crippen LogP contribution >= 0.6 is 0 Å². The summed E-state index contributed by atoms with van der Waals surface area (Å²) in [5.41, 5.74) is 10.2. The minimum absolute atomic E-state index is 0.262. The van der Waals surface area contributed by atoms with Crippen LogP contribution < -0.4 is 4.74 Å². The van der Waals surface area contributed by atoms with Gasteiger partial charge in [0.05, 0.1) is 17.3 Å². The number of benzene rings is 6. The van der Waals surface area contributed by atoms with Crippen molar-refractivity contribution in [3.05, 3.63) is 162 Å². The summed E-state index contributed by atoms with van der Waals surface area (Å²) >= 11 is 0. The van der Waals surface area contributed by atoms with Gasteiger partial charge in [-0.3, -0.25) is 4.99 Å². The first-order valence-corrected chi connectivity index (χ1v) is 15.3. The van der Waals surface area contributed by atoms with Crippen molar-refractivity contribution in [3.63, 3.8) is 0 Å². The van der Waals surface area contributed by atoms with Gasteiger partial charge in [0.2, 0.25) is 0 Å². The van der Waals surface area contributed by atoms with E-state index in [4.69, 9.17) is 19.1 Å². The Balaban J connectivity index is 1.31. The van der Waals surface area contributed by atoms with Crippen molar-refractivity contribution in [2.75, 3.05) is 0 Å². The van der Waals surface area contributed by atoms with E-state index in [1.807, 2.05) is 54.6 Å². The van der Waals surface area contributed by atoms with Gasteiger partial charge in [-0.2, -0.15) is 5.26 Å². The molecule has 0 N–H and O–H groups in total. The van der Waals surface area contributed by atoms with Gasteiger partial charge >= 0.3 is 0 Å². The Morgan fingerprint density at radius 2 is 1.37 bits per heavy atom. The standard InChI is InChI=1S/C41H25N3O2/c42-24-25-18-20-28(21-19-25)41-43-37-30-14-7-8-16-34(30)45-40(37)38(44-41)31-15-9-17-35-36(31)33-23-29(26-10-3-1-4-11-26)22-32(39(33)46-35)27-12-5-2-6-13-27/h1-23,37,40H. The van der Waals surface area contributed by atoms with E-state index < -0.39 is 6.10 Å². The van der Waals surface area contributed by atoms with Crippen LogP contribution in [0.4, 0.5) is 0 Å². The molecule has 6 aromatic carbocycles. The number of hydrogen-bond acceptors (Lipinski definition) is 5. The van der Waals surface area contributed by atoms with Crippen LogP contribution in [0.3, 0.4) is 0 Å². The fourth-order valence-corrected chi connectivity index (χ4v) is 6.70. The summed E-state index contributed by atoms with van der Waals surface area (Å²) in [5.74, 6) is 1.43. The predicted molar refractivity (Wildman–Crippen MR) is 182 cm³/mol. The van der Waals surface area contributed by atoms with E-state index in [1.165, 1.54) is 0 Å². The number of fused-ring (bicyclic) bond motifs is 6. The zero-order chi connectivity index (χ0) is 30.6. The summed E-state index contributed by atoms with van der Waals surface area (Å²) in [4.78, 5) is 10.3. The second-order valence-electron chi connectivity index (χ2n) is 11.6. The number of ether oxygens (including phenoxy) is 1. The molecule has 0 aliphatic carbocycles. The number of furan rings is 1. The Kier molecular flexibility index (Phi) is 5.94. The second-order valence-corrected chi connectivity index (χ2v) is 11.6. The molecule has 2 aliphatic heterocycles. The normalized spacial score (nSPS) is 16.7. The molecule has 2 atom stereocenters. The maximum atomic E-state index is 9.38. The molecule has 7 aromatic rings. The molecule has 0 fully saturated rings. The number of rotatable bonds is 4. The third-order valence-corrected chi connectivity index (χ3v) is 8.87. The monoisotopic (exact) mass is 591 g/mol. The van der Waals surface area contributed by atoms with Crippen molar-refractivity contribution in [2.24, 2.45) is 9.98 Å². The van der Waals surface area contributed by atoms with Crippen LogP contribution in [0.25, 0.3) is 44.2 Å². The fourth-order valence-electron chi connectivity index (χ4n) is 6.70. The third kappa shape index (κ3) is 4.16. The largest absolute Gasteiger partial charge is 0.481 e. The maximum absolute atomic E-state index is 9.38. The molecule has 0 radical (unpaired) electrons. The molecule has 0 saturated carbocycles. The van der Waals surface area contributed by atoms with Crippen molar-refractivity contribution in [1.29, 1.82) is 5.26 Å². The Labute approximate surface area is 265 Å². The Hall–Kier alpha value is -6.25. The Morgan fingerprint density at radius 1 is 0.630 bits per heavy atom. The van der Waals surface area contributed by atoms with Crippen LogP contribution in [0.2, 0.25) is 0 Å². The number of hydrogen-bond donors (Lipinski definition) is 0. The minimum Gasteiger partial charge on any atom is -0.481 e. The average molecular weight is 592 g/mol. The zero-order valence-electron chi connectivity index (χ0n) is 24.6. The molecular formula is C41H25N3O2.